The molecule has 0 radical (unpaired) electrons. The van der Waals surface area contributed by atoms with Crippen LogP contribution in [0.15, 0.2) is 53.7 Å². The van der Waals surface area contributed by atoms with Crippen molar-refractivity contribution in [2.75, 3.05) is 0 Å². The SMILES string of the molecule is Cn1c(S(=O)(=O)C(F)(F)C(F)F)nc(-c2ccc(F)cc2)c1-c1ccc(F)cc1. The van der Waals surface area contributed by atoms with Gasteiger partial charge in [0, 0.05) is 18.2 Å². The second kappa shape index (κ2) is 7.21. The summed E-state index contributed by atoms with van der Waals surface area (Å²) in [5.74, 6) is -1.23. The van der Waals surface area contributed by atoms with E-state index in [4.69, 9.17) is 0 Å². The molecule has 29 heavy (non-hydrogen) atoms. The number of benzene rings is 2. The highest BCUT2D eigenvalue weighted by atomic mass is 32.2. The predicted molar refractivity (Wildman–Crippen MR) is 92.1 cm³/mol. The third-order valence-electron chi connectivity index (χ3n) is 4.14. The van der Waals surface area contributed by atoms with Gasteiger partial charge >= 0.3 is 11.7 Å². The van der Waals surface area contributed by atoms with Crippen molar-refractivity contribution in [3.05, 3.63) is 60.2 Å². The largest absolute Gasteiger partial charge is 0.411 e. The third-order valence-corrected chi connectivity index (χ3v) is 5.88. The Morgan fingerprint density at radius 3 is 1.79 bits per heavy atom. The molecule has 0 atom stereocenters. The standard InChI is InChI=1S/C18H12F6N2O2S/c1-26-15(11-4-8-13(20)9-5-11)14(10-2-6-12(19)7-3-10)25-17(26)29(27,28)18(23,24)16(21)22/h2-9,16H,1H3. The summed E-state index contributed by atoms with van der Waals surface area (Å²) >= 11 is 0. The van der Waals surface area contributed by atoms with Crippen LogP contribution < -0.4 is 0 Å². The first-order valence-electron chi connectivity index (χ1n) is 7.96. The van der Waals surface area contributed by atoms with Crippen LogP contribution in [-0.4, -0.2) is 29.6 Å². The topological polar surface area (TPSA) is 52.0 Å². The second-order valence-corrected chi connectivity index (χ2v) is 7.95. The minimum absolute atomic E-state index is 0.0553. The van der Waals surface area contributed by atoms with Crippen LogP contribution in [0.25, 0.3) is 22.5 Å². The average molecular weight is 434 g/mol. The minimum Gasteiger partial charge on any atom is -0.317 e. The molecule has 4 nitrogen and oxygen atoms in total. The fourth-order valence-corrected chi connectivity index (χ4v) is 3.85. The number of halogens is 6. The van der Waals surface area contributed by atoms with E-state index in [1.807, 2.05) is 0 Å². The van der Waals surface area contributed by atoms with Crippen molar-refractivity contribution in [3.8, 4) is 22.5 Å². The zero-order valence-electron chi connectivity index (χ0n) is 14.6. The van der Waals surface area contributed by atoms with Gasteiger partial charge in [0.05, 0.1) is 11.4 Å². The van der Waals surface area contributed by atoms with Gasteiger partial charge in [-0.15, -0.1) is 0 Å². The Morgan fingerprint density at radius 1 is 0.897 bits per heavy atom. The van der Waals surface area contributed by atoms with E-state index in [0.29, 0.717) is 4.57 Å². The van der Waals surface area contributed by atoms with Crippen molar-refractivity contribution in [2.45, 2.75) is 16.8 Å². The van der Waals surface area contributed by atoms with Crippen LogP contribution >= 0.6 is 0 Å². The van der Waals surface area contributed by atoms with E-state index in [0.717, 1.165) is 31.3 Å². The van der Waals surface area contributed by atoms with Crippen molar-refractivity contribution in [1.29, 1.82) is 0 Å². The lowest BCUT2D eigenvalue weighted by atomic mass is 10.0. The summed E-state index contributed by atoms with van der Waals surface area (Å²) in [7, 11) is -4.83. The van der Waals surface area contributed by atoms with E-state index in [2.05, 4.69) is 4.98 Å². The average Bonchev–Trinajstić information content (AvgIpc) is 3.00. The molecule has 0 fully saturated rings. The van der Waals surface area contributed by atoms with E-state index in [9.17, 15) is 34.8 Å². The number of rotatable bonds is 5. The summed E-state index contributed by atoms with van der Waals surface area (Å²) in [6.07, 6.45) is -4.48. The molecule has 0 saturated carbocycles. The van der Waals surface area contributed by atoms with Gasteiger partial charge < -0.3 is 4.57 Å². The van der Waals surface area contributed by atoms with Gasteiger partial charge in [-0.2, -0.15) is 8.78 Å². The van der Waals surface area contributed by atoms with Gasteiger partial charge in [0.1, 0.15) is 11.6 Å². The van der Waals surface area contributed by atoms with Gasteiger partial charge in [0.25, 0.3) is 9.84 Å². The maximum atomic E-state index is 13.8. The number of aromatic nitrogens is 2. The summed E-state index contributed by atoms with van der Waals surface area (Å²) in [6.45, 7) is 0. The van der Waals surface area contributed by atoms with Gasteiger partial charge in [-0.25, -0.2) is 31.0 Å². The lowest BCUT2D eigenvalue weighted by molar-refractivity contribution is -0.0640. The number of hydrogen-bond acceptors (Lipinski definition) is 3. The molecule has 0 amide bonds. The summed E-state index contributed by atoms with van der Waals surface area (Å²) in [5, 5.41) is -6.69. The van der Waals surface area contributed by atoms with E-state index in [1.165, 1.54) is 24.3 Å². The molecule has 154 valence electrons. The molecule has 0 aliphatic heterocycles. The normalized spacial score (nSPS) is 12.6. The number of imidazole rings is 1. The van der Waals surface area contributed by atoms with Gasteiger partial charge in [0.15, 0.2) is 0 Å². The monoisotopic (exact) mass is 434 g/mol. The Balaban J connectivity index is 2.32. The van der Waals surface area contributed by atoms with Gasteiger partial charge in [-0.3, -0.25) is 0 Å². The molecule has 0 aliphatic carbocycles. The molecular formula is C18H12F6N2O2S. The molecule has 0 unspecified atom stereocenters. The Hall–Kier alpha value is -2.82. The van der Waals surface area contributed by atoms with Crippen molar-refractivity contribution >= 4 is 9.84 Å². The number of sulfone groups is 1. The van der Waals surface area contributed by atoms with E-state index in [1.54, 1.807) is 0 Å². The molecule has 1 aromatic heterocycles. The van der Waals surface area contributed by atoms with Gasteiger partial charge in [-0.05, 0) is 48.5 Å². The number of hydrogen-bond donors (Lipinski definition) is 0. The van der Waals surface area contributed by atoms with Crippen LogP contribution in [-0.2, 0) is 16.9 Å². The van der Waals surface area contributed by atoms with E-state index in [-0.39, 0.29) is 22.5 Å². The first kappa shape index (κ1) is 20.9. The molecule has 3 aromatic rings. The van der Waals surface area contributed by atoms with Crippen LogP contribution in [0.1, 0.15) is 0 Å². The first-order valence-corrected chi connectivity index (χ1v) is 9.44. The predicted octanol–water partition coefficient (Wildman–Crippen LogP) is 4.66. The molecule has 0 saturated heterocycles. The molecular weight excluding hydrogens is 422 g/mol. The maximum Gasteiger partial charge on any atom is 0.411 e. The fraction of sp³-hybridized carbons (Fsp3) is 0.167. The van der Waals surface area contributed by atoms with Crippen LogP contribution in [0.2, 0.25) is 0 Å². The maximum absolute atomic E-state index is 13.8. The Morgan fingerprint density at radius 2 is 1.34 bits per heavy atom. The second-order valence-electron chi connectivity index (χ2n) is 6.03. The minimum atomic E-state index is -5.88. The lowest BCUT2D eigenvalue weighted by Gasteiger charge is -2.15. The van der Waals surface area contributed by atoms with Gasteiger partial charge in [-0.1, -0.05) is 0 Å². The highest BCUT2D eigenvalue weighted by Crippen LogP contribution is 2.39. The zero-order valence-corrected chi connectivity index (χ0v) is 15.4. The van der Waals surface area contributed by atoms with Crippen molar-refractivity contribution in [1.82, 2.24) is 9.55 Å². The number of nitrogens with zero attached hydrogens (tertiary/aromatic N) is 2. The van der Waals surface area contributed by atoms with Crippen molar-refractivity contribution < 1.29 is 34.8 Å². The van der Waals surface area contributed by atoms with Crippen LogP contribution in [0.3, 0.4) is 0 Å². The zero-order chi connectivity index (χ0) is 21.6. The summed E-state index contributed by atoms with van der Waals surface area (Å²) in [4.78, 5) is 3.67. The van der Waals surface area contributed by atoms with Gasteiger partial charge in [0.2, 0.25) is 5.16 Å². The summed E-state index contributed by atoms with van der Waals surface area (Å²) < 4.78 is 105. The molecule has 0 spiro atoms. The molecule has 0 bridgehead atoms. The van der Waals surface area contributed by atoms with Crippen LogP contribution in [0, 0.1) is 11.6 Å². The molecule has 3 rings (SSSR count). The molecule has 0 N–H and O–H groups in total. The lowest BCUT2D eigenvalue weighted by Crippen LogP contribution is -2.37. The molecule has 0 aliphatic rings. The highest BCUT2D eigenvalue weighted by molar-refractivity contribution is 7.92. The smallest absolute Gasteiger partial charge is 0.317 e. The molecule has 1 heterocycles. The quantitative estimate of drug-likeness (QED) is 0.549. The fourth-order valence-electron chi connectivity index (χ4n) is 2.70. The van der Waals surface area contributed by atoms with E-state index >= 15 is 0 Å². The molecule has 2 aromatic carbocycles. The van der Waals surface area contributed by atoms with E-state index < -0.39 is 38.3 Å². The Kier molecular flexibility index (Phi) is 5.20. The Labute approximate surface area is 161 Å². The van der Waals surface area contributed by atoms with Crippen LogP contribution in [0.5, 0.6) is 0 Å². The number of alkyl halides is 4. The molecule has 11 heteroatoms. The summed E-state index contributed by atoms with van der Waals surface area (Å²) in [5.41, 5.74) is 0.0914. The summed E-state index contributed by atoms with van der Waals surface area (Å²) in [6, 6.07) is 9.04. The van der Waals surface area contributed by atoms with Crippen LogP contribution in [0.4, 0.5) is 26.3 Å². The highest BCUT2D eigenvalue weighted by Gasteiger charge is 2.57. The van der Waals surface area contributed by atoms with Crippen molar-refractivity contribution in [2.24, 2.45) is 7.05 Å². The van der Waals surface area contributed by atoms with Crippen molar-refractivity contribution in [3.63, 3.8) is 0 Å². The Bertz CT molecular complexity index is 1140. The third kappa shape index (κ3) is 3.50. The first-order chi connectivity index (χ1) is 13.5.